The van der Waals surface area contributed by atoms with Crippen molar-refractivity contribution in [2.75, 3.05) is 0 Å². The standard InChI is InChI=1S/C10H10ClF2NO2/c11-5-3-6(12)10(7(13)4-5)8(14)1-2-9(15)16/h3-4,8H,1-2,14H2,(H,15,16). The lowest BCUT2D eigenvalue weighted by Crippen LogP contribution is -2.15. The molecule has 0 aliphatic carbocycles. The van der Waals surface area contributed by atoms with Crippen LogP contribution in [0.25, 0.3) is 0 Å². The summed E-state index contributed by atoms with van der Waals surface area (Å²) >= 11 is 5.44. The largest absolute Gasteiger partial charge is 0.481 e. The van der Waals surface area contributed by atoms with Gasteiger partial charge in [0.05, 0.1) is 0 Å². The third-order valence-electron chi connectivity index (χ3n) is 2.08. The Bertz CT molecular complexity index is 389. The van der Waals surface area contributed by atoms with Gasteiger partial charge in [0.2, 0.25) is 0 Å². The van der Waals surface area contributed by atoms with Crippen molar-refractivity contribution in [2.24, 2.45) is 5.73 Å². The highest BCUT2D eigenvalue weighted by Gasteiger charge is 2.18. The number of aliphatic carboxylic acids is 1. The Kier molecular flexibility index (Phi) is 4.20. The number of hydrogen-bond acceptors (Lipinski definition) is 2. The molecule has 0 amide bonds. The number of rotatable bonds is 4. The molecule has 0 aliphatic heterocycles. The van der Waals surface area contributed by atoms with Crippen LogP contribution in [0.15, 0.2) is 12.1 Å². The Hall–Kier alpha value is -1.20. The first kappa shape index (κ1) is 12.9. The Balaban J connectivity index is 2.90. The fourth-order valence-corrected chi connectivity index (χ4v) is 1.52. The predicted molar refractivity (Wildman–Crippen MR) is 55.2 cm³/mol. The van der Waals surface area contributed by atoms with Gasteiger partial charge in [0, 0.05) is 23.0 Å². The van der Waals surface area contributed by atoms with Gasteiger partial charge < -0.3 is 10.8 Å². The van der Waals surface area contributed by atoms with E-state index in [-0.39, 0.29) is 23.4 Å². The fraction of sp³-hybridized carbons (Fsp3) is 0.300. The van der Waals surface area contributed by atoms with Gasteiger partial charge in [-0.25, -0.2) is 8.78 Å². The molecule has 1 aromatic carbocycles. The second kappa shape index (κ2) is 5.23. The van der Waals surface area contributed by atoms with Crippen LogP contribution in [0.3, 0.4) is 0 Å². The molecule has 0 aromatic heterocycles. The summed E-state index contributed by atoms with van der Waals surface area (Å²) in [5, 5.41) is 8.36. The lowest BCUT2D eigenvalue weighted by molar-refractivity contribution is -0.137. The minimum absolute atomic E-state index is 0.0369. The van der Waals surface area contributed by atoms with E-state index in [9.17, 15) is 13.6 Å². The highest BCUT2D eigenvalue weighted by atomic mass is 35.5. The van der Waals surface area contributed by atoms with Crippen LogP contribution in [-0.4, -0.2) is 11.1 Å². The Morgan fingerprint density at radius 3 is 2.38 bits per heavy atom. The molecular formula is C10H10ClF2NO2. The van der Waals surface area contributed by atoms with Crippen LogP contribution in [0.5, 0.6) is 0 Å². The minimum atomic E-state index is -1.06. The molecule has 0 bridgehead atoms. The van der Waals surface area contributed by atoms with Crippen molar-refractivity contribution in [3.05, 3.63) is 34.4 Å². The summed E-state index contributed by atoms with van der Waals surface area (Å²) in [7, 11) is 0. The summed E-state index contributed by atoms with van der Waals surface area (Å²) in [4.78, 5) is 10.3. The predicted octanol–water partition coefficient (Wildman–Crippen LogP) is 2.48. The first-order valence-electron chi connectivity index (χ1n) is 4.53. The van der Waals surface area contributed by atoms with Gasteiger partial charge in [-0.3, -0.25) is 4.79 Å². The van der Waals surface area contributed by atoms with E-state index in [1.165, 1.54) is 0 Å². The molecule has 0 heterocycles. The molecule has 0 spiro atoms. The first-order chi connectivity index (χ1) is 7.41. The van der Waals surface area contributed by atoms with Crippen molar-refractivity contribution in [1.82, 2.24) is 0 Å². The van der Waals surface area contributed by atoms with E-state index < -0.39 is 23.6 Å². The number of carbonyl (C=O) groups is 1. The molecule has 3 nitrogen and oxygen atoms in total. The average molecular weight is 250 g/mol. The third kappa shape index (κ3) is 3.15. The monoisotopic (exact) mass is 249 g/mol. The minimum Gasteiger partial charge on any atom is -0.481 e. The molecule has 1 atom stereocenters. The van der Waals surface area contributed by atoms with Gasteiger partial charge in [-0.05, 0) is 18.6 Å². The Labute approximate surface area is 95.8 Å². The van der Waals surface area contributed by atoms with Crippen LogP contribution in [0.2, 0.25) is 5.02 Å². The molecule has 0 aliphatic rings. The van der Waals surface area contributed by atoms with Gasteiger partial charge >= 0.3 is 5.97 Å². The van der Waals surface area contributed by atoms with E-state index in [1.807, 2.05) is 0 Å². The maximum absolute atomic E-state index is 13.3. The van der Waals surface area contributed by atoms with Crippen molar-refractivity contribution >= 4 is 17.6 Å². The van der Waals surface area contributed by atoms with Gasteiger partial charge in [-0.15, -0.1) is 0 Å². The van der Waals surface area contributed by atoms with Gasteiger partial charge in [0.15, 0.2) is 0 Å². The van der Waals surface area contributed by atoms with Crippen molar-refractivity contribution in [1.29, 1.82) is 0 Å². The fourth-order valence-electron chi connectivity index (χ4n) is 1.33. The second-order valence-electron chi connectivity index (χ2n) is 3.32. The number of hydrogen-bond donors (Lipinski definition) is 2. The maximum Gasteiger partial charge on any atom is 0.303 e. The van der Waals surface area contributed by atoms with E-state index in [2.05, 4.69) is 0 Å². The quantitative estimate of drug-likeness (QED) is 0.862. The normalized spacial score (nSPS) is 12.5. The van der Waals surface area contributed by atoms with Gasteiger partial charge in [0.1, 0.15) is 11.6 Å². The summed E-state index contributed by atoms with van der Waals surface area (Å²) in [6.45, 7) is 0. The zero-order chi connectivity index (χ0) is 12.3. The lowest BCUT2D eigenvalue weighted by atomic mass is 10.0. The molecule has 1 unspecified atom stereocenters. The van der Waals surface area contributed by atoms with Crippen LogP contribution < -0.4 is 5.73 Å². The molecule has 0 fully saturated rings. The number of nitrogens with two attached hydrogens (primary N) is 1. The summed E-state index contributed by atoms with van der Waals surface area (Å²) < 4.78 is 26.7. The van der Waals surface area contributed by atoms with Gasteiger partial charge in [0.25, 0.3) is 0 Å². The van der Waals surface area contributed by atoms with E-state index in [4.69, 9.17) is 22.4 Å². The van der Waals surface area contributed by atoms with Gasteiger partial charge in [-0.1, -0.05) is 11.6 Å². The topological polar surface area (TPSA) is 63.3 Å². The van der Waals surface area contributed by atoms with E-state index in [1.54, 1.807) is 0 Å². The van der Waals surface area contributed by atoms with Crippen molar-refractivity contribution in [3.63, 3.8) is 0 Å². The molecule has 6 heteroatoms. The van der Waals surface area contributed by atoms with Crippen LogP contribution in [0.1, 0.15) is 24.4 Å². The van der Waals surface area contributed by atoms with E-state index in [0.29, 0.717) is 0 Å². The highest BCUT2D eigenvalue weighted by molar-refractivity contribution is 6.30. The first-order valence-corrected chi connectivity index (χ1v) is 4.91. The summed E-state index contributed by atoms with van der Waals surface area (Å²) in [5.41, 5.74) is 5.18. The van der Waals surface area contributed by atoms with Crippen LogP contribution in [-0.2, 0) is 4.79 Å². The molecular weight excluding hydrogens is 240 g/mol. The van der Waals surface area contributed by atoms with Crippen molar-refractivity contribution in [2.45, 2.75) is 18.9 Å². The van der Waals surface area contributed by atoms with Crippen molar-refractivity contribution in [3.8, 4) is 0 Å². The summed E-state index contributed by atoms with van der Waals surface area (Å²) in [6, 6.07) is 0.898. The molecule has 0 saturated heterocycles. The van der Waals surface area contributed by atoms with E-state index >= 15 is 0 Å². The number of halogens is 3. The third-order valence-corrected chi connectivity index (χ3v) is 2.30. The Morgan fingerprint density at radius 2 is 1.94 bits per heavy atom. The molecule has 1 aromatic rings. The molecule has 0 saturated carbocycles. The number of carboxylic acids is 1. The average Bonchev–Trinajstić information content (AvgIpc) is 2.12. The SMILES string of the molecule is NC(CCC(=O)O)c1c(F)cc(Cl)cc1F. The van der Waals surface area contributed by atoms with E-state index in [0.717, 1.165) is 12.1 Å². The number of benzene rings is 1. The van der Waals surface area contributed by atoms with Crippen LogP contribution >= 0.6 is 11.6 Å². The summed E-state index contributed by atoms with van der Waals surface area (Å²) in [5.74, 6) is -2.78. The lowest BCUT2D eigenvalue weighted by Gasteiger charge is -2.13. The second-order valence-corrected chi connectivity index (χ2v) is 3.76. The molecule has 88 valence electrons. The summed E-state index contributed by atoms with van der Waals surface area (Å²) in [6.07, 6.45) is -0.284. The Morgan fingerprint density at radius 1 is 1.44 bits per heavy atom. The molecule has 0 radical (unpaired) electrons. The van der Waals surface area contributed by atoms with Crippen molar-refractivity contribution < 1.29 is 18.7 Å². The smallest absolute Gasteiger partial charge is 0.303 e. The zero-order valence-electron chi connectivity index (χ0n) is 8.21. The molecule has 16 heavy (non-hydrogen) atoms. The van der Waals surface area contributed by atoms with Gasteiger partial charge in [-0.2, -0.15) is 0 Å². The number of carboxylic acid groups (broad SMARTS) is 1. The van der Waals surface area contributed by atoms with Crippen LogP contribution in [0.4, 0.5) is 8.78 Å². The highest BCUT2D eigenvalue weighted by Crippen LogP contribution is 2.25. The molecule has 3 N–H and O–H groups in total. The maximum atomic E-state index is 13.3. The molecule has 1 rings (SSSR count). The van der Waals surface area contributed by atoms with Crippen LogP contribution in [0, 0.1) is 11.6 Å². The zero-order valence-corrected chi connectivity index (χ0v) is 8.97.